The minimum atomic E-state index is 0.246. The van der Waals surface area contributed by atoms with Gasteiger partial charge in [-0.2, -0.15) is 0 Å². The molecule has 0 aromatic heterocycles. The normalized spacial score (nSPS) is 17.4. The van der Waals surface area contributed by atoms with Gasteiger partial charge in [-0.25, -0.2) is 0 Å². The summed E-state index contributed by atoms with van der Waals surface area (Å²) in [4.78, 5) is 0. The average Bonchev–Trinajstić information content (AvgIpc) is 2.17. The Bertz CT molecular complexity index is 136. The van der Waals surface area contributed by atoms with E-state index in [0.29, 0.717) is 6.10 Å². The molecule has 0 radical (unpaired) electrons. The van der Waals surface area contributed by atoms with Crippen LogP contribution in [0.3, 0.4) is 0 Å². The molecule has 0 fully saturated rings. The van der Waals surface area contributed by atoms with Gasteiger partial charge in [0, 0.05) is 12.6 Å². The summed E-state index contributed by atoms with van der Waals surface area (Å²) in [6, 6.07) is 0.246. The summed E-state index contributed by atoms with van der Waals surface area (Å²) in [5.41, 5.74) is 5.73. The van der Waals surface area contributed by atoms with Gasteiger partial charge in [0.1, 0.15) is 0 Å². The fourth-order valence-electron chi connectivity index (χ4n) is 1.79. The van der Waals surface area contributed by atoms with Crippen molar-refractivity contribution < 1.29 is 4.74 Å². The van der Waals surface area contributed by atoms with E-state index in [2.05, 4.69) is 20.8 Å². The molecule has 0 aliphatic rings. The molecule has 3 atom stereocenters. The minimum Gasteiger partial charge on any atom is -0.378 e. The van der Waals surface area contributed by atoms with Crippen molar-refractivity contribution in [2.24, 2.45) is 11.7 Å². The summed E-state index contributed by atoms with van der Waals surface area (Å²) in [7, 11) is 0. The predicted octanol–water partition coefficient (Wildman–Crippen LogP) is 3.35. The van der Waals surface area contributed by atoms with Crippen molar-refractivity contribution in [1.29, 1.82) is 0 Å². The van der Waals surface area contributed by atoms with Crippen LogP contribution in [-0.4, -0.2) is 18.8 Å². The number of unbranched alkanes of at least 4 members (excludes halogenated alkanes) is 1. The van der Waals surface area contributed by atoms with Crippen LogP contribution in [0.5, 0.6) is 0 Å². The topological polar surface area (TPSA) is 35.2 Å². The molecule has 0 aliphatic carbocycles. The highest BCUT2D eigenvalue weighted by Gasteiger charge is 2.10. The quantitative estimate of drug-likeness (QED) is 0.640. The Morgan fingerprint density at radius 3 is 2.33 bits per heavy atom. The molecule has 0 heterocycles. The molecule has 0 spiro atoms. The van der Waals surface area contributed by atoms with E-state index in [4.69, 9.17) is 10.5 Å². The number of rotatable bonds is 9. The van der Waals surface area contributed by atoms with Gasteiger partial charge in [0.25, 0.3) is 0 Å². The maximum absolute atomic E-state index is 5.82. The maximum Gasteiger partial charge on any atom is 0.0561 e. The SMILES string of the molecule is CCCCC(CC)COC(C)CC(C)N. The minimum absolute atomic E-state index is 0.246. The Morgan fingerprint density at radius 2 is 1.87 bits per heavy atom. The predicted molar refractivity (Wildman–Crippen MR) is 67.0 cm³/mol. The van der Waals surface area contributed by atoms with Gasteiger partial charge < -0.3 is 10.5 Å². The third-order valence-electron chi connectivity index (χ3n) is 2.86. The summed E-state index contributed by atoms with van der Waals surface area (Å²) in [5, 5.41) is 0. The average molecular weight is 215 g/mol. The molecule has 0 bridgehead atoms. The van der Waals surface area contributed by atoms with Crippen molar-refractivity contribution in [3.63, 3.8) is 0 Å². The first-order valence-corrected chi connectivity index (χ1v) is 6.47. The highest BCUT2D eigenvalue weighted by atomic mass is 16.5. The second-order valence-corrected chi connectivity index (χ2v) is 4.77. The summed E-state index contributed by atoms with van der Waals surface area (Å²) < 4.78 is 5.82. The zero-order valence-electron chi connectivity index (χ0n) is 11.0. The van der Waals surface area contributed by atoms with E-state index >= 15 is 0 Å². The largest absolute Gasteiger partial charge is 0.378 e. The van der Waals surface area contributed by atoms with Crippen LogP contribution >= 0.6 is 0 Å². The summed E-state index contributed by atoms with van der Waals surface area (Å²) >= 11 is 0. The first-order chi connectivity index (χ1) is 7.10. The van der Waals surface area contributed by atoms with Crippen molar-refractivity contribution in [2.45, 2.75) is 71.9 Å². The first-order valence-electron chi connectivity index (χ1n) is 6.47. The molecule has 0 aromatic carbocycles. The molecule has 0 amide bonds. The summed E-state index contributed by atoms with van der Waals surface area (Å²) in [5.74, 6) is 0.737. The fourth-order valence-corrected chi connectivity index (χ4v) is 1.79. The number of hydrogen-bond donors (Lipinski definition) is 1. The molecule has 2 nitrogen and oxygen atoms in total. The molecule has 0 saturated carbocycles. The van der Waals surface area contributed by atoms with Gasteiger partial charge in [-0.3, -0.25) is 0 Å². The van der Waals surface area contributed by atoms with Gasteiger partial charge >= 0.3 is 0 Å². The molecule has 92 valence electrons. The molecule has 3 unspecified atom stereocenters. The van der Waals surface area contributed by atoms with Crippen LogP contribution in [0.4, 0.5) is 0 Å². The third kappa shape index (κ3) is 8.88. The Kier molecular flexibility index (Phi) is 9.12. The van der Waals surface area contributed by atoms with Gasteiger partial charge in [0.2, 0.25) is 0 Å². The highest BCUT2D eigenvalue weighted by Crippen LogP contribution is 2.14. The van der Waals surface area contributed by atoms with E-state index in [1.165, 1.54) is 25.7 Å². The molecule has 2 heteroatoms. The van der Waals surface area contributed by atoms with Gasteiger partial charge in [0.05, 0.1) is 6.10 Å². The molecular formula is C13H29NO. The molecule has 0 rings (SSSR count). The van der Waals surface area contributed by atoms with E-state index < -0.39 is 0 Å². The Labute approximate surface area is 95.6 Å². The van der Waals surface area contributed by atoms with Gasteiger partial charge in [-0.05, 0) is 32.6 Å². The van der Waals surface area contributed by atoms with Crippen LogP contribution in [-0.2, 0) is 4.74 Å². The van der Waals surface area contributed by atoms with Crippen molar-refractivity contribution in [3.05, 3.63) is 0 Å². The summed E-state index contributed by atoms with van der Waals surface area (Å²) in [6.45, 7) is 9.56. The number of nitrogens with two attached hydrogens (primary N) is 1. The molecule has 0 aliphatic heterocycles. The smallest absolute Gasteiger partial charge is 0.0561 e. The van der Waals surface area contributed by atoms with Crippen LogP contribution in [0.1, 0.15) is 59.8 Å². The Morgan fingerprint density at radius 1 is 1.20 bits per heavy atom. The van der Waals surface area contributed by atoms with Crippen molar-refractivity contribution in [1.82, 2.24) is 0 Å². The Balaban J connectivity index is 3.60. The standard InChI is InChI=1S/C13H29NO/c1-5-7-8-13(6-2)10-15-12(4)9-11(3)14/h11-13H,5-10,14H2,1-4H3. The van der Waals surface area contributed by atoms with Gasteiger partial charge in [-0.1, -0.05) is 33.1 Å². The molecule has 0 saturated heterocycles. The maximum atomic E-state index is 5.82. The van der Waals surface area contributed by atoms with Crippen LogP contribution in [0.2, 0.25) is 0 Å². The zero-order valence-corrected chi connectivity index (χ0v) is 11.0. The van der Waals surface area contributed by atoms with E-state index in [1.807, 2.05) is 6.92 Å². The lowest BCUT2D eigenvalue weighted by Gasteiger charge is -2.20. The van der Waals surface area contributed by atoms with Crippen LogP contribution in [0.15, 0.2) is 0 Å². The van der Waals surface area contributed by atoms with Gasteiger partial charge in [0.15, 0.2) is 0 Å². The van der Waals surface area contributed by atoms with E-state index in [9.17, 15) is 0 Å². The lowest BCUT2D eigenvalue weighted by Crippen LogP contribution is -2.24. The van der Waals surface area contributed by atoms with Crippen molar-refractivity contribution in [3.8, 4) is 0 Å². The first kappa shape index (κ1) is 14.9. The molecule has 15 heavy (non-hydrogen) atoms. The zero-order chi connectivity index (χ0) is 11.7. The Hall–Kier alpha value is -0.0800. The van der Waals surface area contributed by atoms with E-state index in [-0.39, 0.29) is 6.04 Å². The number of hydrogen-bond acceptors (Lipinski definition) is 2. The van der Waals surface area contributed by atoms with Crippen molar-refractivity contribution >= 4 is 0 Å². The van der Waals surface area contributed by atoms with Crippen molar-refractivity contribution in [2.75, 3.05) is 6.61 Å². The summed E-state index contributed by atoms with van der Waals surface area (Å²) in [6.07, 6.45) is 6.41. The van der Waals surface area contributed by atoms with Crippen LogP contribution < -0.4 is 5.73 Å². The lowest BCUT2D eigenvalue weighted by atomic mass is 10.0. The van der Waals surface area contributed by atoms with Gasteiger partial charge in [-0.15, -0.1) is 0 Å². The van der Waals surface area contributed by atoms with Crippen LogP contribution in [0, 0.1) is 5.92 Å². The monoisotopic (exact) mass is 215 g/mol. The van der Waals surface area contributed by atoms with Crippen LogP contribution in [0.25, 0.3) is 0 Å². The highest BCUT2D eigenvalue weighted by molar-refractivity contribution is 4.62. The van der Waals surface area contributed by atoms with E-state index in [0.717, 1.165) is 18.9 Å². The number of ether oxygens (including phenoxy) is 1. The third-order valence-corrected chi connectivity index (χ3v) is 2.86. The fraction of sp³-hybridized carbons (Fsp3) is 1.00. The lowest BCUT2D eigenvalue weighted by molar-refractivity contribution is 0.0292. The van der Waals surface area contributed by atoms with E-state index in [1.54, 1.807) is 0 Å². The second kappa shape index (κ2) is 9.17. The molecule has 2 N–H and O–H groups in total. The second-order valence-electron chi connectivity index (χ2n) is 4.77. The molecule has 0 aromatic rings. The molecular weight excluding hydrogens is 186 g/mol.